The topological polar surface area (TPSA) is 24.9 Å². The highest BCUT2D eigenvalue weighted by Crippen LogP contribution is 2.29. The maximum absolute atomic E-state index is 4.05. The van der Waals surface area contributed by atoms with E-state index in [0.29, 0.717) is 6.04 Å². The van der Waals surface area contributed by atoms with Crippen molar-refractivity contribution in [2.75, 3.05) is 0 Å². The number of fused-ring (bicyclic) bond motifs is 1. The number of pyridine rings is 1. The van der Waals surface area contributed by atoms with Crippen LogP contribution in [0.3, 0.4) is 0 Å². The number of nitrogens with zero attached hydrogens (tertiary/aromatic N) is 1. The van der Waals surface area contributed by atoms with Crippen LogP contribution in [-0.2, 0) is 13.0 Å². The van der Waals surface area contributed by atoms with Crippen molar-refractivity contribution in [1.82, 2.24) is 10.3 Å². The molecule has 1 N–H and O–H groups in total. The van der Waals surface area contributed by atoms with Gasteiger partial charge >= 0.3 is 0 Å². The van der Waals surface area contributed by atoms with Crippen molar-refractivity contribution in [3.63, 3.8) is 0 Å². The predicted octanol–water partition coefficient (Wildman–Crippen LogP) is 3.25. The van der Waals surface area contributed by atoms with Gasteiger partial charge in [-0.3, -0.25) is 4.98 Å². The fourth-order valence-corrected chi connectivity index (χ4v) is 2.71. The third-order valence-electron chi connectivity index (χ3n) is 3.67. The van der Waals surface area contributed by atoms with Crippen molar-refractivity contribution >= 4 is 0 Å². The number of hydrogen-bond donors (Lipinski definition) is 1. The van der Waals surface area contributed by atoms with Gasteiger partial charge in [0.25, 0.3) is 0 Å². The van der Waals surface area contributed by atoms with Crippen LogP contribution in [0.2, 0.25) is 0 Å². The third kappa shape index (κ3) is 2.44. The van der Waals surface area contributed by atoms with Crippen molar-refractivity contribution in [2.24, 2.45) is 0 Å². The predicted molar refractivity (Wildman–Crippen MR) is 73.2 cm³/mol. The van der Waals surface area contributed by atoms with Gasteiger partial charge in [0.2, 0.25) is 0 Å². The molecular weight excluding hydrogens is 220 g/mol. The van der Waals surface area contributed by atoms with Crippen molar-refractivity contribution in [1.29, 1.82) is 0 Å². The molecule has 2 nitrogen and oxygen atoms in total. The van der Waals surface area contributed by atoms with E-state index in [9.17, 15) is 0 Å². The summed E-state index contributed by atoms with van der Waals surface area (Å²) in [4.78, 5) is 4.05. The van der Waals surface area contributed by atoms with Crippen LogP contribution in [0.4, 0.5) is 0 Å². The van der Waals surface area contributed by atoms with E-state index in [1.54, 1.807) is 0 Å². The van der Waals surface area contributed by atoms with Crippen molar-refractivity contribution in [3.05, 3.63) is 65.5 Å². The summed E-state index contributed by atoms with van der Waals surface area (Å²) in [6, 6.07) is 13.5. The van der Waals surface area contributed by atoms with E-state index < -0.39 is 0 Å². The number of benzene rings is 1. The maximum Gasteiger partial charge on any atom is 0.0326 e. The van der Waals surface area contributed by atoms with Crippen LogP contribution in [0, 0.1) is 0 Å². The summed E-state index contributed by atoms with van der Waals surface area (Å²) in [5.74, 6) is 0. The molecule has 0 spiro atoms. The Labute approximate surface area is 108 Å². The van der Waals surface area contributed by atoms with Gasteiger partial charge in [0.05, 0.1) is 0 Å². The number of aromatic nitrogens is 1. The molecule has 2 aromatic rings. The minimum atomic E-state index is 0.503. The molecule has 0 amide bonds. The van der Waals surface area contributed by atoms with E-state index in [2.05, 4.69) is 46.7 Å². The van der Waals surface area contributed by atoms with Gasteiger partial charge in [0.1, 0.15) is 0 Å². The smallest absolute Gasteiger partial charge is 0.0326 e. The van der Waals surface area contributed by atoms with Crippen LogP contribution >= 0.6 is 0 Å². The molecular formula is C16H18N2. The number of aryl methyl sites for hydroxylation is 1. The molecule has 1 aliphatic carbocycles. The van der Waals surface area contributed by atoms with Crippen LogP contribution in [0.15, 0.2) is 48.8 Å². The standard InChI is InChI=1S/C16H18N2/c1-2-6-15-14(4-1)5-3-7-16(15)18-12-13-8-10-17-11-9-13/h1-2,4,6,8-11,16,18H,3,5,7,12H2/t16-/m0/s1. The Morgan fingerprint density at radius 1 is 1.11 bits per heavy atom. The minimum Gasteiger partial charge on any atom is -0.306 e. The van der Waals surface area contributed by atoms with Crippen molar-refractivity contribution < 1.29 is 0 Å². The minimum absolute atomic E-state index is 0.503. The Morgan fingerprint density at radius 2 is 1.94 bits per heavy atom. The van der Waals surface area contributed by atoms with E-state index in [1.807, 2.05) is 12.4 Å². The summed E-state index contributed by atoms with van der Waals surface area (Å²) in [5, 5.41) is 3.67. The lowest BCUT2D eigenvalue weighted by Gasteiger charge is -2.26. The maximum atomic E-state index is 4.05. The van der Waals surface area contributed by atoms with Crippen LogP contribution in [0.5, 0.6) is 0 Å². The molecule has 0 unspecified atom stereocenters. The molecule has 2 heteroatoms. The van der Waals surface area contributed by atoms with Gasteiger partial charge in [-0.2, -0.15) is 0 Å². The van der Waals surface area contributed by atoms with Gasteiger partial charge in [-0.25, -0.2) is 0 Å². The van der Waals surface area contributed by atoms with Crippen molar-refractivity contribution in [2.45, 2.75) is 31.8 Å². The summed E-state index contributed by atoms with van der Waals surface area (Å²) < 4.78 is 0. The lowest BCUT2D eigenvalue weighted by molar-refractivity contribution is 0.459. The molecule has 92 valence electrons. The molecule has 0 bridgehead atoms. The average Bonchev–Trinajstić information content (AvgIpc) is 2.46. The molecule has 1 aromatic carbocycles. The second-order valence-electron chi connectivity index (χ2n) is 4.88. The molecule has 0 saturated carbocycles. The highest BCUT2D eigenvalue weighted by molar-refractivity contribution is 5.32. The first-order valence-corrected chi connectivity index (χ1v) is 6.63. The van der Waals surface area contributed by atoms with E-state index in [1.165, 1.54) is 36.0 Å². The van der Waals surface area contributed by atoms with Gasteiger partial charge < -0.3 is 5.32 Å². The monoisotopic (exact) mass is 238 g/mol. The molecule has 0 fully saturated rings. The molecule has 0 aliphatic heterocycles. The molecule has 0 radical (unpaired) electrons. The fourth-order valence-electron chi connectivity index (χ4n) is 2.71. The quantitative estimate of drug-likeness (QED) is 0.888. The summed E-state index contributed by atoms with van der Waals surface area (Å²) >= 11 is 0. The Morgan fingerprint density at radius 3 is 2.83 bits per heavy atom. The van der Waals surface area contributed by atoms with Gasteiger partial charge in [-0.15, -0.1) is 0 Å². The SMILES string of the molecule is c1ccc2c(c1)CCC[C@@H]2NCc1ccncc1. The molecule has 3 rings (SSSR count). The van der Waals surface area contributed by atoms with Crippen LogP contribution in [0.1, 0.15) is 35.6 Å². The van der Waals surface area contributed by atoms with Crippen LogP contribution in [0.25, 0.3) is 0 Å². The van der Waals surface area contributed by atoms with Crippen LogP contribution in [-0.4, -0.2) is 4.98 Å². The summed E-state index contributed by atoms with van der Waals surface area (Å²) in [6.45, 7) is 0.918. The van der Waals surface area contributed by atoms with Gasteiger partial charge in [0, 0.05) is 25.0 Å². The molecule has 1 aromatic heterocycles. The second-order valence-corrected chi connectivity index (χ2v) is 4.88. The van der Waals surface area contributed by atoms with Gasteiger partial charge in [-0.1, -0.05) is 24.3 Å². The summed E-state index contributed by atoms with van der Waals surface area (Å²) in [5.41, 5.74) is 4.29. The van der Waals surface area contributed by atoms with Crippen LogP contribution < -0.4 is 5.32 Å². The lowest BCUT2D eigenvalue weighted by atomic mass is 9.87. The first kappa shape index (κ1) is 11.4. The Bertz CT molecular complexity index is 508. The lowest BCUT2D eigenvalue weighted by Crippen LogP contribution is -2.24. The van der Waals surface area contributed by atoms with Gasteiger partial charge in [0.15, 0.2) is 0 Å². The zero-order valence-corrected chi connectivity index (χ0v) is 10.5. The Balaban J connectivity index is 1.71. The molecule has 1 heterocycles. The number of rotatable bonds is 3. The highest BCUT2D eigenvalue weighted by Gasteiger charge is 2.18. The molecule has 0 saturated heterocycles. The second kappa shape index (κ2) is 5.32. The Hall–Kier alpha value is -1.67. The Kier molecular flexibility index (Phi) is 3.37. The fraction of sp³-hybridized carbons (Fsp3) is 0.312. The zero-order valence-electron chi connectivity index (χ0n) is 10.5. The molecule has 1 aliphatic rings. The third-order valence-corrected chi connectivity index (χ3v) is 3.67. The number of nitrogens with one attached hydrogen (secondary N) is 1. The van der Waals surface area contributed by atoms with E-state index in [-0.39, 0.29) is 0 Å². The summed E-state index contributed by atoms with van der Waals surface area (Å²) in [6.07, 6.45) is 7.45. The zero-order chi connectivity index (χ0) is 12.2. The summed E-state index contributed by atoms with van der Waals surface area (Å²) in [7, 11) is 0. The first-order chi connectivity index (χ1) is 8.93. The number of hydrogen-bond acceptors (Lipinski definition) is 2. The largest absolute Gasteiger partial charge is 0.306 e. The van der Waals surface area contributed by atoms with E-state index >= 15 is 0 Å². The molecule has 1 atom stereocenters. The highest BCUT2D eigenvalue weighted by atomic mass is 14.9. The van der Waals surface area contributed by atoms with Crippen molar-refractivity contribution in [3.8, 4) is 0 Å². The molecule has 18 heavy (non-hydrogen) atoms. The van der Waals surface area contributed by atoms with E-state index in [4.69, 9.17) is 0 Å². The average molecular weight is 238 g/mol. The normalized spacial score (nSPS) is 18.3. The van der Waals surface area contributed by atoms with E-state index in [0.717, 1.165) is 6.54 Å². The van der Waals surface area contributed by atoms with Gasteiger partial charge in [-0.05, 0) is 48.1 Å². The first-order valence-electron chi connectivity index (χ1n) is 6.63.